The molecule has 0 amide bonds. The Morgan fingerprint density at radius 3 is 2.52 bits per heavy atom. The topological polar surface area (TPSA) is 30.5 Å². The van der Waals surface area contributed by atoms with E-state index >= 15 is 0 Å². The molecule has 1 N–H and O–H groups in total. The van der Waals surface area contributed by atoms with Crippen molar-refractivity contribution in [2.24, 2.45) is 0 Å². The van der Waals surface area contributed by atoms with Crippen LogP contribution in [0.2, 0.25) is 0 Å². The quantitative estimate of drug-likeness (QED) is 0.709. The minimum absolute atomic E-state index is 0.177. The van der Waals surface area contributed by atoms with Crippen LogP contribution in [-0.2, 0) is 15.7 Å². The molecule has 1 atom stereocenters. The zero-order valence-electron chi connectivity index (χ0n) is 12.4. The molecule has 0 heterocycles. The number of alkyl halides is 3. The Kier molecular flexibility index (Phi) is 7.71. The molecule has 120 valence electrons. The van der Waals surface area contributed by atoms with Crippen molar-refractivity contribution in [1.29, 1.82) is 0 Å². The van der Waals surface area contributed by atoms with Crippen LogP contribution in [0.15, 0.2) is 24.3 Å². The van der Waals surface area contributed by atoms with Gasteiger partial charge in [-0.1, -0.05) is 25.1 Å². The van der Waals surface area contributed by atoms with Crippen molar-refractivity contribution < 1.29 is 22.6 Å². The van der Waals surface area contributed by atoms with Gasteiger partial charge in [0.1, 0.15) is 0 Å². The minimum Gasteiger partial charge on any atom is -0.382 e. The Labute approximate surface area is 123 Å². The highest BCUT2D eigenvalue weighted by molar-refractivity contribution is 5.32. The van der Waals surface area contributed by atoms with E-state index in [1.54, 1.807) is 13.2 Å². The SMILES string of the molecule is CCCNC(COCCOC)c1ccccc1C(F)(F)F. The second kappa shape index (κ2) is 9.02. The molecule has 0 radical (unpaired) electrons. The Morgan fingerprint density at radius 2 is 1.90 bits per heavy atom. The molecule has 0 spiro atoms. The third-order valence-electron chi connectivity index (χ3n) is 3.00. The Hall–Kier alpha value is -1.11. The van der Waals surface area contributed by atoms with E-state index in [4.69, 9.17) is 9.47 Å². The molecule has 0 aromatic heterocycles. The summed E-state index contributed by atoms with van der Waals surface area (Å²) in [5.74, 6) is 0. The normalized spacial score (nSPS) is 13.4. The first-order chi connectivity index (χ1) is 10.0. The number of hydrogen-bond donors (Lipinski definition) is 1. The lowest BCUT2D eigenvalue weighted by molar-refractivity contribution is -0.138. The van der Waals surface area contributed by atoms with Crippen LogP contribution < -0.4 is 5.32 Å². The first kappa shape index (κ1) is 17.9. The third kappa shape index (κ3) is 6.03. The minimum atomic E-state index is -4.37. The smallest absolute Gasteiger partial charge is 0.382 e. The fourth-order valence-corrected chi connectivity index (χ4v) is 1.98. The van der Waals surface area contributed by atoms with Gasteiger partial charge in [0.25, 0.3) is 0 Å². The molecule has 1 aromatic rings. The molecule has 0 bridgehead atoms. The van der Waals surface area contributed by atoms with Crippen molar-refractivity contribution in [3.05, 3.63) is 35.4 Å². The van der Waals surface area contributed by atoms with E-state index in [0.29, 0.717) is 19.8 Å². The van der Waals surface area contributed by atoms with Gasteiger partial charge in [-0.15, -0.1) is 0 Å². The average molecular weight is 305 g/mol. The number of ether oxygens (including phenoxy) is 2. The molecule has 1 aromatic carbocycles. The highest BCUT2D eigenvalue weighted by Crippen LogP contribution is 2.34. The summed E-state index contributed by atoms with van der Waals surface area (Å²) in [7, 11) is 1.55. The molecule has 0 saturated carbocycles. The standard InChI is InChI=1S/C15H22F3NO2/c1-3-8-19-14(11-21-10-9-20-2)12-6-4-5-7-13(12)15(16,17)18/h4-7,14,19H,3,8-11H2,1-2H3. The van der Waals surface area contributed by atoms with Crippen molar-refractivity contribution in [2.75, 3.05) is 33.5 Å². The summed E-state index contributed by atoms with van der Waals surface area (Å²) in [6.07, 6.45) is -3.53. The zero-order chi connectivity index (χ0) is 15.7. The first-order valence-electron chi connectivity index (χ1n) is 6.96. The maximum Gasteiger partial charge on any atom is 0.416 e. The summed E-state index contributed by atoms with van der Waals surface area (Å²) in [5.41, 5.74) is -0.398. The van der Waals surface area contributed by atoms with E-state index in [2.05, 4.69) is 5.32 Å². The van der Waals surface area contributed by atoms with Gasteiger partial charge < -0.3 is 14.8 Å². The summed E-state index contributed by atoms with van der Waals surface area (Å²) in [6.45, 7) is 3.54. The largest absolute Gasteiger partial charge is 0.416 e. The zero-order valence-corrected chi connectivity index (χ0v) is 12.4. The van der Waals surface area contributed by atoms with Crippen molar-refractivity contribution >= 4 is 0 Å². The third-order valence-corrected chi connectivity index (χ3v) is 3.00. The molecule has 0 saturated heterocycles. The number of hydrogen-bond acceptors (Lipinski definition) is 3. The van der Waals surface area contributed by atoms with Crippen LogP contribution in [-0.4, -0.2) is 33.5 Å². The van der Waals surface area contributed by atoms with Crippen LogP contribution in [0.4, 0.5) is 13.2 Å². The Bertz CT molecular complexity index is 410. The Morgan fingerprint density at radius 1 is 1.19 bits per heavy atom. The molecule has 0 aliphatic carbocycles. The van der Waals surface area contributed by atoms with Gasteiger partial charge in [-0.2, -0.15) is 13.2 Å². The van der Waals surface area contributed by atoms with Gasteiger partial charge >= 0.3 is 6.18 Å². The number of benzene rings is 1. The van der Waals surface area contributed by atoms with E-state index in [1.807, 2.05) is 6.92 Å². The summed E-state index contributed by atoms with van der Waals surface area (Å²) in [6, 6.07) is 5.12. The van der Waals surface area contributed by atoms with E-state index in [-0.39, 0.29) is 12.2 Å². The molecular formula is C15H22F3NO2. The van der Waals surface area contributed by atoms with Gasteiger partial charge in [0.2, 0.25) is 0 Å². The van der Waals surface area contributed by atoms with Crippen LogP contribution in [0.3, 0.4) is 0 Å². The van der Waals surface area contributed by atoms with Crippen molar-refractivity contribution in [1.82, 2.24) is 5.32 Å². The number of halogens is 3. The predicted molar refractivity (Wildman–Crippen MR) is 75.2 cm³/mol. The van der Waals surface area contributed by atoms with Gasteiger partial charge in [0.05, 0.1) is 31.4 Å². The Balaban J connectivity index is 2.86. The molecule has 0 aliphatic heterocycles. The summed E-state index contributed by atoms with van der Waals surface area (Å²) in [4.78, 5) is 0. The predicted octanol–water partition coefficient (Wildman–Crippen LogP) is 3.41. The number of rotatable bonds is 9. The lowest BCUT2D eigenvalue weighted by Crippen LogP contribution is -2.29. The highest BCUT2D eigenvalue weighted by Gasteiger charge is 2.34. The fraction of sp³-hybridized carbons (Fsp3) is 0.600. The molecule has 1 rings (SSSR count). The molecule has 0 aliphatic rings. The van der Waals surface area contributed by atoms with E-state index in [1.165, 1.54) is 12.1 Å². The van der Waals surface area contributed by atoms with Crippen molar-refractivity contribution in [3.63, 3.8) is 0 Å². The number of nitrogens with one attached hydrogen (secondary N) is 1. The van der Waals surface area contributed by atoms with Gasteiger partial charge in [-0.05, 0) is 24.6 Å². The van der Waals surface area contributed by atoms with Crippen LogP contribution in [0.5, 0.6) is 0 Å². The van der Waals surface area contributed by atoms with Crippen LogP contribution >= 0.6 is 0 Å². The highest BCUT2D eigenvalue weighted by atomic mass is 19.4. The van der Waals surface area contributed by atoms with Crippen LogP contribution in [0.25, 0.3) is 0 Å². The lowest BCUT2D eigenvalue weighted by Gasteiger charge is -2.23. The van der Waals surface area contributed by atoms with Crippen LogP contribution in [0.1, 0.15) is 30.5 Å². The van der Waals surface area contributed by atoms with Gasteiger partial charge in [0.15, 0.2) is 0 Å². The van der Waals surface area contributed by atoms with Crippen LogP contribution in [0, 0.1) is 0 Å². The number of methoxy groups -OCH3 is 1. The molecule has 6 heteroatoms. The van der Waals surface area contributed by atoms with E-state index < -0.39 is 17.8 Å². The summed E-state index contributed by atoms with van der Waals surface area (Å²) < 4.78 is 49.5. The lowest BCUT2D eigenvalue weighted by atomic mass is 10.00. The van der Waals surface area contributed by atoms with Crippen molar-refractivity contribution in [2.45, 2.75) is 25.6 Å². The summed E-state index contributed by atoms with van der Waals surface area (Å²) >= 11 is 0. The summed E-state index contributed by atoms with van der Waals surface area (Å²) in [5, 5.41) is 3.11. The van der Waals surface area contributed by atoms with E-state index in [9.17, 15) is 13.2 Å². The van der Waals surface area contributed by atoms with E-state index in [0.717, 1.165) is 12.5 Å². The maximum absolute atomic E-state index is 13.1. The second-order valence-electron chi connectivity index (χ2n) is 4.66. The monoisotopic (exact) mass is 305 g/mol. The molecule has 1 unspecified atom stereocenters. The molecule has 0 fully saturated rings. The molecule has 3 nitrogen and oxygen atoms in total. The first-order valence-corrected chi connectivity index (χ1v) is 6.96. The molecule has 21 heavy (non-hydrogen) atoms. The van der Waals surface area contributed by atoms with Crippen molar-refractivity contribution in [3.8, 4) is 0 Å². The van der Waals surface area contributed by atoms with Gasteiger partial charge in [0, 0.05) is 7.11 Å². The second-order valence-corrected chi connectivity index (χ2v) is 4.66. The fourth-order valence-electron chi connectivity index (χ4n) is 1.98. The van der Waals surface area contributed by atoms with Gasteiger partial charge in [-0.3, -0.25) is 0 Å². The maximum atomic E-state index is 13.1. The average Bonchev–Trinajstić information content (AvgIpc) is 2.46. The van der Waals surface area contributed by atoms with Gasteiger partial charge in [-0.25, -0.2) is 0 Å². The molecular weight excluding hydrogens is 283 g/mol.